The third kappa shape index (κ3) is 5.40. The second kappa shape index (κ2) is 8.32. The minimum Gasteiger partial charge on any atom is -0.463 e. The predicted octanol–water partition coefficient (Wildman–Crippen LogP) is -0.191. The fourth-order valence-electron chi connectivity index (χ4n) is 2.08. The smallest absolute Gasteiger partial charge is 0.303 e. The summed E-state index contributed by atoms with van der Waals surface area (Å²) >= 11 is 0. The lowest BCUT2D eigenvalue weighted by Gasteiger charge is -2.41. The maximum atomic E-state index is 11.3. The molecule has 0 aliphatic carbocycles. The molecule has 0 unspecified atom stereocenters. The lowest BCUT2D eigenvalue weighted by molar-refractivity contribution is -0.260. The Labute approximate surface area is 131 Å². The summed E-state index contributed by atoms with van der Waals surface area (Å²) in [7, 11) is 0. The highest BCUT2D eigenvalue weighted by atomic mass is 16.7. The Hall–Kier alpha value is -2.36. The van der Waals surface area contributed by atoms with E-state index < -0.39 is 48.6 Å². The molecule has 0 aromatic rings. The minimum absolute atomic E-state index is 0.356. The van der Waals surface area contributed by atoms with Crippen LogP contribution in [0.4, 0.5) is 0 Å². The Morgan fingerprint density at radius 3 is 2.17 bits per heavy atom. The molecule has 1 aliphatic heterocycles. The number of aliphatic hydroxyl groups is 1. The van der Waals surface area contributed by atoms with Crippen LogP contribution in [0, 0.1) is 0 Å². The summed E-state index contributed by atoms with van der Waals surface area (Å²) < 4.78 is 20.0. The third-order valence-corrected chi connectivity index (χ3v) is 2.87. The van der Waals surface area contributed by atoms with Gasteiger partial charge in [-0.25, -0.2) is 0 Å². The van der Waals surface area contributed by atoms with Crippen molar-refractivity contribution in [3.63, 3.8) is 0 Å². The molecule has 0 amide bonds. The molecule has 0 aromatic carbocycles. The average molecular weight is 331 g/mol. The molecule has 23 heavy (non-hydrogen) atoms. The average Bonchev–Trinajstić information content (AvgIpc) is 2.42. The molecule has 0 radical (unpaired) electrons. The molecule has 128 valence electrons. The minimum atomic E-state index is -1.64. The number of nitrogens with zero attached hydrogens (tertiary/aromatic N) is 3. The van der Waals surface area contributed by atoms with Gasteiger partial charge in [0.15, 0.2) is 18.5 Å². The third-order valence-electron chi connectivity index (χ3n) is 2.87. The van der Waals surface area contributed by atoms with Crippen molar-refractivity contribution >= 4 is 17.9 Å². The van der Waals surface area contributed by atoms with Gasteiger partial charge in [0, 0.05) is 25.7 Å². The first kappa shape index (κ1) is 18.7. The van der Waals surface area contributed by atoms with Crippen molar-refractivity contribution in [3.8, 4) is 0 Å². The van der Waals surface area contributed by atoms with Crippen LogP contribution in [-0.4, -0.2) is 60.3 Å². The number of carbonyl (C=O) groups is 3. The molecule has 1 heterocycles. The second-order valence-corrected chi connectivity index (χ2v) is 4.71. The maximum Gasteiger partial charge on any atom is 0.303 e. The number of azide groups is 1. The van der Waals surface area contributed by atoms with Crippen molar-refractivity contribution in [2.75, 3.05) is 6.61 Å². The largest absolute Gasteiger partial charge is 0.463 e. The van der Waals surface area contributed by atoms with E-state index in [1.807, 2.05) is 0 Å². The summed E-state index contributed by atoms with van der Waals surface area (Å²) in [4.78, 5) is 36.0. The van der Waals surface area contributed by atoms with Gasteiger partial charge in [0.25, 0.3) is 0 Å². The molecule has 0 spiro atoms. The van der Waals surface area contributed by atoms with E-state index in [1.165, 1.54) is 0 Å². The number of aliphatic hydroxyl groups excluding tert-OH is 1. The van der Waals surface area contributed by atoms with Crippen molar-refractivity contribution < 1.29 is 38.4 Å². The van der Waals surface area contributed by atoms with Gasteiger partial charge in [-0.05, 0) is 5.53 Å². The van der Waals surface area contributed by atoms with Gasteiger partial charge in [-0.3, -0.25) is 14.4 Å². The molecule has 1 rings (SSSR count). The fourth-order valence-corrected chi connectivity index (χ4v) is 2.08. The van der Waals surface area contributed by atoms with Gasteiger partial charge in [0.05, 0.1) is 0 Å². The summed E-state index contributed by atoms with van der Waals surface area (Å²) in [6.07, 6.45) is -5.26. The Balaban J connectivity index is 3.11. The first-order chi connectivity index (χ1) is 10.8. The fraction of sp³-hybridized carbons (Fsp3) is 0.750. The molecular weight excluding hydrogens is 314 g/mol. The van der Waals surface area contributed by atoms with Crippen molar-refractivity contribution in [2.45, 2.75) is 51.4 Å². The number of carbonyl (C=O) groups excluding carboxylic acids is 3. The van der Waals surface area contributed by atoms with Gasteiger partial charge in [-0.15, -0.1) is 0 Å². The van der Waals surface area contributed by atoms with Crippen LogP contribution < -0.4 is 0 Å². The molecular formula is C12H17N3O8. The Morgan fingerprint density at radius 2 is 1.70 bits per heavy atom. The highest BCUT2D eigenvalue weighted by Gasteiger charge is 2.49. The van der Waals surface area contributed by atoms with Gasteiger partial charge in [0.2, 0.25) is 0 Å². The zero-order valence-corrected chi connectivity index (χ0v) is 12.7. The van der Waals surface area contributed by atoms with E-state index in [2.05, 4.69) is 10.0 Å². The zero-order chi connectivity index (χ0) is 17.6. The molecule has 0 bridgehead atoms. The number of hydrogen-bond donors (Lipinski definition) is 1. The quantitative estimate of drug-likeness (QED) is 0.239. The molecule has 11 nitrogen and oxygen atoms in total. The Bertz CT molecular complexity index is 518. The van der Waals surface area contributed by atoms with Crippen molar-refractivity contribution in [1.29, 1.82) is 0 Å². The van der Waals surface area contributed by atoms with Gasteiger partial charge in [-0.2, -0.15) is 0 Å². The van der Waals surface area contributed by atoms with E-state index in [1.54, 1.807) is 0 Å². The van der Waals surface area contributed by atoms with Crippen molar-refractivity contribution in [2.24, 2.45) is 5.11 Å². The van der Waals surface area contributed by atoms with Crippen LogP contribution in [0.3, 0.4) is 0 Å². The van der Waals surface area contributed by atoms with E-state index in [9.17, 15) is 19.5 Å². The number of ether oxygens (including phenoxy) is 4. The Kier molecular flexibility index (Phi) is 6.76. The molecule has 1 N–H and O–H groups in total. The summed E-state index contributed by atoms with van der Waals surface area (Å²) in [5.41, 5.74) is 8.57. The molecule has 1 saturated heterocycles. The van der Waals surface area contributed by atoms with E-state index >= 15 is 0 Å². The van der Waals surface area contributed by atoms with Crippen LogP contribution in [0.15, 0.2) is 5.11 Å². The van der Waals surface area contributed by atoms with Crippen LogP contribution >= 0.6 is 0 Å². The first-order valence-electron chi connectivity index (χ1n) is 6.61. The van der Waals surface area contributed by atoms with E-state index in [-0.39, 0.29) is 6.61 Å². The SMILES string of the molecule is CC(=O)OC[C@H]1O[C@H](O)[C@H](N=[N+]=[N-])[C@@H](OC(C)=O)[C@H]1OC(C)=O. The molecule has 1 fully saturated rings. The van der Waals surface area contributed by atoms with Crippen LogP contribution in [-0.2, 0) is 33.3 Å². The van der Waals surface area contributed by atoms with E-state index in [4.69, 9.17) is 24.5 Å². The summed E-state index contributed by atoms with van der Waals surface area (Å²) in [6.45, 7) is 3.01. The Morgan fingerprint density at radius 1 is 1.13 bits per heavy atom. The van der Waals surface area contributed by atoms with Crippen LogP contribution in [0.25, 0.3) is 10.4 Å². The van der Waals surface area contributed by atoms with Gasteiger partial charge < -0.3 is 24.1 Å². The van der Waals surface area contributed by atoms with Crippen molar-refractivity contribution in [3.05, 3.63) is 10.4 Å². The van der Waals surface area contributed by atoms with Gasteiger partial charge in [0.1, 0.15) is 18.8 Å². The van der Waals surface area contributed by atoms with Crippen LogP contribution in [0.2, 0.25) is 0 Å². The number of esters is 3. The highest BCUT2D eigenvalue weighted by molar-refractivity contribution is 5.67. The normalized spacial score (nSPS) is 29.8. The molecule has 11 heteroatoms. The van der Waals surface area contributed by atoms with Crippen LogP contribution in [0.1, 0.15) is 20.8 Å². The predicted molar refractivity (Wildman–Crippen MR) is 71.6 cm³/mol. The van der Waals surface area contributed by atoms with Crippen LogP contribution in [0.5, 0.6) is 0 Å². The maximum absolute atomic E-state index is 11.3. The second-order valence-electron chi connectivity index (χ2n) is 4.71. The lowest BCUT2D eigenvalue weighted by Crippen LogP contribution is -2.60. The summed E-state index contributed by atoms with van der Waals surface area (Å²) in [5, 5.41) is 13.2. The number of rotatable bonds is 5. The van der Waals surface area contributed by atoms with Crippen molar-refractivity contribution in [1.82, 2.24) is 0 Å². The molecule has 0 aromatic heterocycles. The summed E-state index contributed by atoms with van der Waals surface area (Å²) in [5.74, 6) is -2.09. The van der Waals surface area contributed by atoms with Gasteiger partial charge >= 0.3 is 17.9 Å². The lowest BCUT2D eigenvalue weighted by atomic mass is 9.97. The number of hydrogen-bond acceptors (Lipinski definition) is 9. The first-order valence-corrected chi connectivity index (χ1v) is 6.61. The van der Waals surface area contributed by atoms with E-state index in [0.29, 0.717) is 0 Å². The topological polar surface area (TPSA) is 157 Å². The highest BCUT2D eigenvalue weighted by Crippen LogP contribution is 2.28. The molecule has 0 saturated carbocycles. The van der Waals surface area contributed by atoms with Gasteiger partial charge in [-0.1, -0.05) is 5.11 Å². The standard InChI is InChI=1S/C12H17N3O8/c1-5(16)20-4-8-10(21-6(2)17)11(22-7(3)18)9(14-15-13)12(19)23-8/h8-12,19H,4H2,1-3H3/t8-,9-,10+,11-,12+/m1/s1. The summed E-state index contributed by atoms with van der Waals surface area (Å²) in [6, 6.07) is -1.33. The molecule has 1 aliphatic rings. The monoisotopic (exact) mass is 331 g/mol. The zero-order valence-electron chi connectivity index (χ0n) is 12.7. The van der Waals surface area contributed by atoms with E-state index in [0.717, 1.165) is 20.8 Å². The molecule has 5 atom stereocenters.